The molecule has 1 heterocycles. The SMILES string of the molecule is CN(C)CC(C)(C)C(=O)N(C1CCC(C)(C)CC1)[C@H]1C[C@@H](C(=O)N(C)C)N(C(=O)OC(C)(C)C)C1. The van der Waals surface area contributed by atoms with Crippen molar-refractivity contribution < 1.29 is 19.1 Å². The fourth-order valence-electron chi connectivity index (χ4n) is 5.57. The maximum Gasteiger partial charge on any atom is 0.411 e. The van der Waals surface area contributed by atoms with Crippen LogP contribution < -0.4 is 0 Å². The molecule has 2 fully saturated rings. The number of hydrogen-bond donors (Lipinski definition) is 0. The van der Waals surface area contributed by atoms with E-state index in [9.17, 15) is 14.4 Å². The summed E-state index contributed by atoms with van der Waals surface area (Å²) in [4.78, 5) is 47.6. The van der Waals surface area contributed by atoms with Gasteiger partial charge in [-0.15, -0.1) is 0 Å². The van der Waals surface area contributed by atoms with Crippen molar-refractivity contribution in [2.75, 3.05) is 41.3 Å². The Morgan fingerprint density at radius 3 is 1.94 bits per heavy atom. The first kappa shape index (κ1) is 29.4. The minimum absolute atomic E-state index is 0.1000. The minimum atomic E-state index is -0.668. The second-order valence-corrected chi connectivity index (χ2v) is 13.5. The summed E-state index contributed by atoms with van der Waals surface area (Å²) in [7, 11) is 7.37. The molecule has 0 aromatic carbocycles. The van der Waals surface area contributed by atoms with Gasteiger partial charge in [0.05, 0.1) is 11.5 Å². The lowest BCUT2D eigenvalue weighted by molar-refractivity contribution is -0.148. The third kappa shape index (κ3) is 7.58. The van der Waals surface area contributed by atoms with Crippen molar-refractivity contribution >= 4 is 17.9 Å². The fraction of sp³-hybridized carbons (Fsp3) is 0.889. The van der Waals surface area contributed by atoms with Crippen LogP contribution >= 0.6 is 0 Å². The summed E-state index contributed by atoms with van der Waals surface area (Å²) in [5, 5.41) is 0. The predicted molar refractivity (Wildman–Crippen MR) is 139 cm³/mol. The molecule has 0 unspecified atom stereocenters. The second-order valence-electron chi connectivity index (χ2n) is 13.5. The Hall–Kier alpha value is -1.83. The first-order valence-electron chi connectivity index (χ1n) is 13.0. The highest BCUT2D eigenvalue weighted by molar-refractivity contribution is 5.87. The smallest absolute Gasteiger partial charge is 0.411 e. The molecule has 1 saturated heterocycles. The van der Waals surface area contributed by atoms with Crippen LogP contribution in [0.2, 0.25) is 0 Å². The molecule has 2 atom stereocenters. The number of amides is 3. The number of likely N-dealkylation sites (N-methyl/N-ethyl adjacent to an activating group) is 1. The molecule has 0 spiro atoms. The highest BCUT2D eigenvalue weighted by Crippen LogP contribution is 2.40. The van der Waals surface area contributed by atoms with Crippen LogP contribution in [-0.4, -0.2) is 103 Å². The zero-order chi connectivity index (χ0) is 26.9. The van der Waals surface area contributed by atoms with Crippen LogP contribution in [0.15, 0.2) is 0 Å². The summed E-state index contributed by atoms with van der Waals surface area (Å²) in [6.07, 6.45) is 3.92. The van der Waals surface area contributed by atoms with E-state index in [0.717, 1.165) is 25.7 Å². The average Bonchev–Trinajstić information content (AvgIpc) is 3.11. The summed E-state index contributed by atoms with van der Waals surface area (Å²) in [6, 6.07) is -0.760. The Morgan fingerprint density at radius 1 is 0.943 bits per heavy atom. The largest absolute Gasteiger partial charge is 0.444 e. The first-order chi connectivity index (χ1) is 15.8. The van der Waals surface area contributed by atoms with Gasteiger partial charge in [-0.05, 0) is 86.2 Å². The normalized spacial score (nSPS) is 23.4. The summed E-state index contributed by atoms with van der Waals surface area (Å²) < 4.78 is 5.67. The average molecular weight is 495 g/mol. The number of carbonyl (C=O) groups excluding carboxylic acids is 3. The molecule has 0 aromatic heterocycles. The van der Waals surface area contributed by atoms with E-state index in [1.807, 2.05) is 53.6 Å². The van der Waals surface area contributed by atoms with Gasteiger partial charge in [0, 0.05) is 33.2 Å². The molecule has 0 aromatic rings. The quantitative estimate of drug-likeness (QED) is 0.561. The Morgan fingerprint density at radius 2 is 1.49 bits per heavy atom. The van der Waals surface area contributed by atoms with Crippen molar-refractivity contribution in [1.82, 2.24) is 19.6 Å². The van der Waals surface area contributed by atoms with E-state index >= 15 is 0 Å². The maximum atomic E-state index is 14.1. The van der Waals surface area contributed by atoms with Crippen LogP contribution in [0.25, 0.3) is 0 Å². The van der Waals surface area contributed by atoms with E-state index < -0.39 is 23.2 Å². The molecule has 3 amide bonds. The van der Waals surface area contributed by atoms with E-state index in [0.29, 0.717) is 19.5 Å². The van der Waals surface area contributed by atoms with E-state index in [1.165, 1.54) is 4.90 Å². The molecule has 1 aliphatic carbocycles. The van der Waals surface area contributed by atoms with Crippen molar-refractivity contribution in [1.29, 1.82) is 0 Å². The highest BCUT2D eigenvalue weighted by Gasteiger charge is 2.49. The molecular formula is C27H50N4O4. The van der Waals surface area contributed by atoms with Crippen molar-refractivity contribution in [2.24, 2.45) is 10.8 Å². The van der Waals surface area contributed by atoms with E-state index in [1.54, 1.807) is 19.0 Å². The monoisotopic (exact) mass is 494 g/mol. The number of hydrogen-bond acceptors (Lipinski definition) is 5. The molecule has 2 rings (SSSR count). The van der Waals surface area contributed by atoms with Crippen LogP contribution in [0.4, 0.5) is 4.79 Å². The molecule has 2 aliphatic rings. The molecule has 1 saturated carbocycles. The number of carbonyl (C=O) groups is 3. The molecule has 0 bridgehead atoms. The summed E-state index contributed by atoms with van der Waals surface area (Å²) >= 11 is 0. The summed E-state index contributed by atoms with van der Waals surface area (Å²) in [5.74, 6) is -0.0360. The number of ether oxygens (including phenoxy) is 1. The van der Waals surface area contributed by atoms with Crippen molar-refractivity contribution in [3.8, 4) is 0 Å². The second kappa shape index (κ2) is 10.7. The van der Waals surface area contributed by atoms with Gasteiger partial charge in [-0.2, -0.15) is 0 Å². The Kier molecular flexibility index (Phi) is 8.95. The molecule has 1 aliphatic heterocycles. The molecule has 0 radical (unpaired) electrons. The van der Waals surface area contributed by atoms with Gasteiger partial charge in [-0.1, -0.05) is 13.8 Å². The third-order valence-electron chi connectivity index (χ3n) is 7.25. The van der Waals surface area contributed by atoms with Gasteiger partial charge in [0.1, 0.15) is 11.6 Å². The zero-order valence-corrected chi connectivity index (χ0v) is 24.1. The van der Waals surface area contributed by atoms with Gasteiger partial charge < -0.3 is 19.4 Å². The lowest BCUT2D eigenvalue weighted by Crippen LogP contribution is -2.56. The van der Waals surface area contributed by atoms with Crippen molar-refractivity contribution in [3.05, 3.63) is 0 Å². The zero-order valence-electron chi connectivity index (χ0n) is 24.1. The van der Waals surface area contributed by atoms with Gasteiger partial charge in [0.15, 0.2) is 0 Å². The topological polar surface area (TPSA) is 73.4 Å². The molecule has 8 heteroatoms. The highest BCUT2D eigenvalue weighted by atomic mass is 16.6. The van der Waals surface area contributed by atoms with Crippen molar-refractivity contribution in [2.45, 2.75) is 104 Å². The molecule has 8 nitrogen and oxygen atoms in total. The fourth-order valence-corrected chi connectivity index (χ4v) is 5.57. The maximum absolute atomic E-state index is 14.1. The van der Waals surface area contributed by atoms with Crippen LogP contribution in [-0.2, 0) is 14.3 Å². The van der Waals surface area contributed by atoms with Gasteiger partial charge in [-0.25, -0.2) is 4.79 Å². The molecule has 0 N–H and O–H groups in total. The van der Waals surface area contributed by atoms with Gasteiger partial charge in [-0.3, -0.25) is 14.5 Å². The number of rotatable bonds is 6. The van der Waals surface area contributed by atoms with Crippen LogP contribution in [0.3, 0.4) is 0 Å². The number of likely N-dealkylation sites (tertiary alicyclic amines) is 1. The van der Waals surface area contributed by atoms with E-state index in [-0.39, 0.29) is 29.3 Å². The Bertz CT molecular complexity index is 775. The van der Waals surface area contributed by atoms with Crippen molar-refractivity contribution in [3.63, 3.8) is 0 Å². The Labute approximate surface area is 213 Å². The van der Waals surface area contributed by atoms with Crippen LogP contribution in [0.1, 0.15) is 80.6 Å². The standard InChI is InChI=1S/C27H50N4O4/c1-25(2,3)35-24(34)30-17-20(16-21(30)22(32)29(10)11)31(19-12-14-26(4,5)15-13-19)23(33)27(6,7)18-28(8)9/h19-21H,12-18H2,1-11H3/t20-,21-/m0/s1. The molecular weight excluding hydrogens is 444 g/mol. The van der Waals surface area contributed by atoms with Crippen LogP contribution in [0.5, 0.6) is 0 Å². The molecule has 202 valence electrons. The lowest BCUT2D eigenvalue weighted by Gasteiger charge is -2.45. The first-order valence-corrected chi connectivity index (χ1v) is 13.0. The minimum Gasteiger partial charge on any atom is -0.444 e. The number of nitrogens with zero attached hydrogens (tertiary/aromatic N) is 4. The van der Waals surface area contributed by atoms with E-state index in [4.69, 9.17) is 4.74 Å². The molecule has 35 heavy (non-hydrogen) atoms. The third-order valence-corrected chi connectivity index (χ3v) is 7.25. The lowest BCUT2D eigenvalue weighted by atomic mass is 9.74. The summed E-state index contributed by atoms with van der Waals surface area (Å²) in [6.45, 7) is 15.0. The van der Waals surface area contributed by atoms with Gasteiger partial charge in [0.25, 0.3) is 0 Å². The predicted octanol–water partition coefficient (Wildman–Crippen LogP) is 3.84. The van der Waals surface area contributed by atoms with Crippen LogP contribution in [0, 0.1) is 10.8 Å². The summed E-state index contributed by atoms with van der Waals surface area (Å²) in [5.41, 5.74) is -0.984. The van der Waals surface area contributed by atoms with Gasteiger partial charge in [0.2, 0.25) is 11.8 Å². The van der Waals surface area contributed by atoms with E-state index in [2.05, 4.69) is 18.7 Å². The Balaban J connectivity index is 2.42. The van der Waals surface area contributed by atoms with Gasteiger partial charge >= 0.3 is 6.09 Å².